The van der Waals surface area contributed by atoms with Crippen molar-refractivity contribution in [3.8, 4) is 0 Å². The number of carbonyl (C=O) groups is 1. The monoisotopic (exact) mass is 323 g/mol. The highest BCUT2D eigenvalue weighted by Gasteiger charge is 2.31. The summed E-state index contributed by atoms with van der Waals surface area (Å²) >= 11 is 3.49. The summed E-state index contributed by atoms with van der Waals surface area (Å²) in [5, 5.41) is 4.15. The Morgan fingerprint density at radius 2 is 2.21 bits per heavy atom. The van der Waals surface area contributed by atoms with Crippen molar-refractivity contribution < 1.29 is 4.79 Å². The van der Waals surface area contributed by atoms with Crippen molar-refractivity contribution in [3.63, 3.8) is 0 Å². The summed E-state index contributed by atoms with van der Waals surface area (Å²) in [6.45, 7) is 3.02. The largest absolute Gasteiger partial charge is 0.355 e. The molecule has 3 heteroatoms. The first-order chi connectivity index (χ1) is 9.26. The highest BCUT2D eigenvalue weighted by atomic mass is 79.9. The molecule has 1 aromatic rings. The van der Waals surface area contributed by atoms with Crippen molar-refractivity contribution in [1.82, 2.24) is 5.32 Å². The van der Waals surface area contributed by atoms with Gasteiger partial charge in [-0.1, -0.05) is 53.5 Å². The fraction of sp³-hybridized carbons (Fsp3) is 0.562. The molecule has 0 spiro atoms. The second-order valence-corrected chi connectivity index (χ2v) is 6.13. The zero-order chi connectivity index (χ0) is 13.7. The minimum atomic E-state index is 0.0856. The maximum absolute atomic E-state index is 12.2. The van der Waals surface area contributed by atoms with E-state index in [9.17, 15) is 4.79 Å². The Bertz CT molecular complexity index is 427. The molecule has 0 heterocycles. The van der Waals surface area contributed by atoms with Crippen LogP contribution < -0.4 is 5.32 Å². The first-order valence-electron chi connectivity index (χ1n) is 7.17. The van der Waals surface area contributed by atoms with E-state index in [0.29, 0.717) is 5.92 Å². The van der Waals surface area contributed by atoms with Gasteiger partial charge in [-0.2, -0.15) is 0 Å². The van der Waals surface area contributed by atoms with Crippen LogP contribution in [0.2, 0.25) is 0 Å². The molecule has 0 fully saturated rings. The fourth-order valence-electron chi connectivity index (χ4n) is 2.77. The molecule has 0 radical (unpaired) electrons. The van der Waals surface area contributed by atoms with Gasteiger partial charge in [0.05, 0.1) is 5.92 Å². The normalized spacial score (nSPS) is 18.3. The average Bonchev–Trinajstić information content (AvgIpc) is 2.38. The number of amides is 1. The molecule has 0 bridgehead atoms. The lowest BCUT2D eigenvalue weighted by molar-refractivity contribution is -0.123. The predicted octanol–water partition coefficient (Wildman–Crippen LogP) is 3.64. The second-order valence-electron chi connectivity index (χ2n) is 5.33. The Hall–Kier alpha value is -0.830. The molecule has 2 atom stereocenters. The molecular weight excluding hydrogens is 302 g/mol. The van der Waals surface area contributed by atoms with Crippen LogP contribution in [0.4, 0.5) is 0 Å². The van der Waals surface area contributed by atoms with Crippen LogP contribution in [0.1, 0.15) is 43.2 Å². The van der Waals surface area contributed by atoms with Crippen LogP contribution in [0.3, 0.4) is 0 Å². The van der Waals surface area contributed by atoms with E-state index >= 15 is 0 Å². The third-order valence-electron chi connectivity index (χ3n) is 3.95. The molecule has 0 aliphatic heterocycles. The van der Waals surface area contributed by atoms with Gasteiger partial charge in [-0.05, 0) is 36.3 Å². The van der Waals surface area contributed by atoms with Gasteiger partial charge in [0.15, 0.2) is 0 Å². The van der Waals surface area contributed by atoms with Gasteiger partial charge in [0.2, 0.25) is 5.91 Å². The van der Waals surface area contributed by atoms with E-state index in [-0.39, 0.29) is 11.8 Å². The zero-order valence-corrected chi connectivity index (χ0v) is 13.1. The van der Waals surface area contributed by atoms with E-state index in [1.165, 1.54) is 24.0 Å². The molecule has 1 amide bonds. The second kappa shape index (κ2) is 7.09. The van der Waals surface area contributed by atoms with Crippen LogP contribution in [0, 0.1) is 5.92 Å². The lowest BCUT2D eigenvalue weighted by Crippen LogP contribution is -2.38. The molecule has 0 saturated heterocycles. The summed E-state index contributed by atoms with van der Waals surface area (Å²) in [7, 11) is 0. The smallest absolute Gasteiger partial charge is 0.227 e. The predicted molar refractivity (Wildman–Crippen MR) is 82.7 cm³/mol. The molecule has 0 aromatic heterocycles. The number of carbonyl (C=O) groups excluding carboxylic acids is 1. The Morgan fingerprint density at radius 3 is 2.89 bits per heavy atom. The number of alkyl halides is 1. The molecule has 19 heavy (non-hydrogen) atoms. The van der Waals surface area contributed by atoms with E-state index in [1.807, 2.05) is 12.1 Å². The maximum Gasteiger partial charge on any atom is 0.227 e. The molecule has 0 saturated carbocycles. The van der Waals surface area contributed by atoms with E-state index in [1.54, 1.807) is 0 Å². The lowest BCUT2D eigenvalue weighted by Gasteiger charge is -2.29. The van der Waals surface area contributed by atoms with Crippen molar-refractivity contribution in [2.45, 2.75) is 38.5 Å². The quantitative estimate of drug-likeness (QED) is 0.762. The van der Waals surface area contributed by atoms with Gasteiger partial charge in [-0.3, -0.25) is 4.79 Å². The van der Waals surface area contributed by atoms with Gasteiger partial charge in [0.25, 0.3) is 0 Å². The number of benzene rings is 1. The summed E-state index contributed by atoms with van der Waals surface area (Å²) in [6, 6.07) is 8.25. The Kier molecular flexibility index (Phi) is 5.44. The average molecular weight is 324 g/mol. The number of rotatable bonds is 7. The third-order valence-corrected chi connectivity index (χ3v) is 4.41. The van der Waals surface area contributed by atoms with Gasteiger partial charge in [-0.25, -0.2) is 0 Å². The zero-order valence-electron chi connectivity index (χ0n) is 11.5. The Labute approximate surface area is 124 Å². The first-order valence-corrected chi connectivity index (χ1v) is 8.29. The fourth-order valence-corrected chi connectivity index (χ4v) is 3.42. The number of nitrogens with one attached hydrogen (secondary N) is 1. The minimum Gasteiger partial charge on any atom is -0.355 e. The topological polar surface area (TPSA) is 29.1 Å². The van der Waals surface area contributed by atoms with Gasteiger partial charge >= 0.3 is 0 Å². The van der Waals surface area contributed by atoms with Crippen LogP contribution >= 0.6 is 15.9 Å². The van der Waals surface area contributed by atoms with E-state index in [0.717, 1.165) is 24.7 Å². The molecule has 2 rings (SSSR count). The van der Waals surface area contributed by atoms with E-state index < -0.39 is 0 Å². The van der Waals surface area contributed by atoms with Crippen molar-refractivity contribution in [1.29, 1.82) is 0 Å². The summed E-state index contributed by atoms with van der Waals surface area (Å²) < 4.78 is 0. The van der Waals surface area contributed by atoms with Crippen LogP contribution in [-0.2, 0) is 11.2 Å². The molecule has 1 N–H and O–H groups in total. The summed E-state index contributed by atoms with van der Waals surface area (Å²) in [5.41, 5.74) is 2.54. The van der Waals surface area contributed by atoms with Crippen LogP contribution in [0.25, 0.3) is 0 Å². The van der Waals surface area contributed by atoms with Gasteiger partial charge in [0, 0.05) is 11.9 Å². The molecule has 1 aliphatic rings. The highest BCUT2D eigenvalue weighted by Crippen LogP contribution is 2.34. The lowest BCUT2D eigenvalue weighted by atomic mass is 9.77. The van der Waals surface area contributed by atoms with Crippen molar-refractivity contribution >= 4 is 21.8 Å². The van der Waals surface area contributed by atoms with E-state index in [2.05, 4.69) is 40.3 Å². The van der Waals surface area contributed by atoms with Crippen LogP contribution in [0.5, 0.6) is 0 Å². The van der Waals surface area contributed by atoms with E-state index in [4.69, 9.17) is 0 Å². The molecule has 1 aromatic carbocycles. The Morgan fingerprint density at radius 1 is 1.42 bits per heavy atom. The van der Waals surface area contributed by atoms with Gasteiger partial charge in [-0.15, -0.1) is 0 Å². The SMILES string of the molecule is CCCC(CCBr)CNC(=O)C1Cc2ccccc21. The highest BCUT2D eigenvalue weighted by molar-refractivity contribution is 9.09. The third kappa shape index (κ3) is 3.59. The first kappa shape index (κ1) is 14.6. The molecule has 2 unspecified atom stereocenters. The summed E-state index contributed by atoms with van der Waals surface area (Å²) in [4.78, 5) is 12.2. The standard InChI is InChI=1S/C16H22BrNO/c1-2-5-12(8-9-17)11-18-16(19)15-10-13-6-3-4-7-14(13)15/h3-4,6-7,12,15H,2,5,8-11H2,1H3,(H,18,19). The van der Waals surface area contributed by atoms with Crippen molar-refractivity contribution in [2.75, 3.05) is 11.9 Å². The van der Waals surface area contributed by atoms with Crippen LogP contribution in [0.15, 0.2) is 24.3 Å². The van der Waals surface area contributed by atoms with Gasteiger partial charge < -0.3 is 5.32 Å². The molecule has 104 valence electrons. The molecule has 2 nitrogen and oxygen atoms in total. The number of fused-ring (bicyclic) bond motifs is 1. The maximum atomic E-state index is 12.2. The number of halogens is 1. The minimum absolute atomic E-state index is 0.0856. The van der Waals surface area contributed by atoms with Gasteiger partial charge in [0.1, 0.15) is 0 Å². The van der Waals surface area contributed by atoms with Crippen molar-refractivity contribution in [2.24, 2.45) is 5.92 Å². The van der Waals surface area contributed by atoms with Crippen molar-refractivity contribution in [3.05, 3.63) is 35.4 Å². The Balaban J connectivity index is 1.82. The summed E-state index contributed by atoms with van der Waals surface area (Å²) in [5.74, 6) is 0.889. The molecule has 1 aliphatic carbocycles. The summed E-state index contributed by atoms with van der Waals surface area (Å²) in [6.07, 6.45) is 4.40. The number of hydrogen-bond acceptors (Lipinski definition) is 1. The molecular formula is C16H22BrNO. The number of hydrogen-bond donors (Lipinski definition) is 1. The van der Waals surface area contributed by atoms with Crippen LogP contribution in [-0.4, -0.2) is 17.8 Å².